The van der Waals surface area contributed by atoms with Gasteiger partial charge in [-0.3, -0.25) is 14.5 Å². The van der Waals surface area contributed by atoms with E-state index in [0.29, 0.717) is 22.6 Å². The van der Waals surface area contributed by atoms with E-state index in [2.05, 4.69) is 5.32 Å². The molecule has 0 bridgehead atoms. The number of nitrogens with one attached hydrogen (secondary N) is 1. The van der Waals surface area contributed by atoms with E-state index in [4.69, 9.17) is 9.47 Å². The Hall–Kier alpha value is -2.54. The van der Waals surface area contributed by atoms with Crippen molar-refractivity contribution in [3.05, 3.63) is 39.3 Å². The van der Waals surface area contributed by atoms with Gasteiger partial charge < -0.3 is 14.8 Å². The second-order valence-corrected chi connectivity index (χ2v) is 7.79. The number of fused-ring (bicyclic) bond motifs is 7. The fourth-order valence-electron chi connectivity index (χ4n) is 4.27. The number of rotatable bonds is 2. The molecule has 0 saturated carbocycles. The smallest absolute Gasteiger partial charge is 0.265 e. The van der Waals surface area contributed by atoms with Gasteiger partial charge in [0.05, 0.1) is 25.3 Å². The summed E-state index contributed by atoms with van der Waals surface area (Å²) in [6, 6.07) is 3.60. The van der Waals surface area contributed by atoms with Crippen LogP contribution in [-0.2, 0) is 12.8 Å². The lowest BCUT2D eigenvalue weighted by atomic mass is 9.94. The van der Waals surface area contributed by atoms with Crippen molar-refractivity contribution in [2.75, 3.05) is 19.1 Å². The maximum absolute atomic E-state index is 13.3. The number of hydrogen-bond acceptors (Lipinski definition) is 5. The average molecular weight is 370 g/mol. The summed E-state index contributed by atoms with van der Waals surface area (Å²) >= 11 is 1.59. The van der Waals surface area contributed by atoms with E-state index in [1.54, 1.807) is 29.4 Å². The first-order chi connectivity index (χ1) is 12.7. The number of amides is 2. The van der Waals surface area contributed by atoms with Crippen LogP contribution >= 0.6 is 11.3 Å². The highest BCUT2D eigenvalue weighted by atomic mass is 32.1. The summed E-state index contributed by atoms with van der Waals surface area (Å²) in [6.45, 7) is 0. The van der Waals surface area contributed by atoms with Gasteiger partial charge in [0.15, 0.2) is 11.5 Å². The van der Waals surface area contributed by atoms with E-state index in [1.165, 1.54) is 12.0 Å². The van der Waals surface area contributed by atoms with Crippen molar-refractivity contribution < 1.29 is 19.1 Å². The molecule has 1 aromatic heterocycles. The van der Waals surface area contributed by atoms with Gasteiger partial charge in [-0.2, -0.15) is 0 Å². The zero-order valence-corrected chi connectivity index (χ0v) is 15.4. The molecule has 1 N–H and O–H groups in total. The second-order valence-electron chi connectivity index (χ2n) is 6.71. The summed E-state index contributed by atoms with van der Waals surface area (Å²) in [4.78, 5) is 29.1. The Bertz CT molecular complexity index is 965. The molecule has 2 aromatic rings. The molecular formula is C19H18N2O4S. The molecule has 0 radical (unpaired) electrons. The first kappa shape index (κ1) is 15.7. The minimum Gasteiger partial charge on any atom is -0.493 e. The molecule has 0 spiro atoms. The van der Waals surface area contributed by atoms with Crippen LogP contribution in [0.15, 0.2) is 12.1 Å². The van der Waals surface area contributed by atoms with Crippen LogP contribution in [0.25, 0.3) is 0 Å². The molecule has 134 valence electrons. The van der Waals surface area contributed by atoms with E-state index < -0.39 is 6.17 Å². The minimum atomic E-state index is -0.489. The van der Waals surface area contributed by atoms with Crippen molar-refractivity contribution in [3.8, 4) is 11.5 Å². The molecule has 2 amide bonds. The fourth-order valence-corrected chi connectivity index (χ4v) is 5.68. The van der Waals surface area contributed by atoms with Crippen LogP contribution in [-0.4, -0.2) is 26.0 Å². The van der Waals surface area contributed by atoms with Gasteiger partial charge in [0.1, 0.15) is 11.2 Å². The van der Waals surface area contributed by atoms with Crippen LogP contribution in [0.2, 0.25) is 0 Å². The predicted octanol–water partition coefficient (Wildman–Crippen LogP) is 3.05. The van der Waals surface area contributed by atoms with Gasteiger partial charge >= 0.3 is 0 Å². The number of hydrogen-bond donors (Lipinski definition) is 1. The summed E-state index contributed by atoms with van der Waals surface area (Å²) in [5.41, 5.74) is 3.03. The number of nitrogens with zero attached hydrogens (tertiary/aromatic N) is 1. The molecule has 3 aliphatic rings. The lowest BCUT2D eigenvalue weighted by Gasteiger charge is -2.30. The molecule has 1 atom stereocenters. The molecule has 6 nitrogen and oxygen atoms in total. The Balaban J connectivity index is 1.71. The Labute approximate surface area is 154 Å². The highest BCUT2D eigenvalue weighted by Crippen LogP contribution is 2.51. The van der Waals surface area contributed by atoms with Crippen LogP contribution in [0.1, 0.15) is 55.7 Å². The van der Waals surface area contributed by atoms with Crippen molar-refractivity contribution in [3.63, 3.8) is 0 Å². The maximum Gasteiger partial charge on any atom is 0.265 e. The van der Waals surface area contributed by atoms with Crippen LogP contribution in [0, 0.1) is 0 Å². The molecular weight excluding hydrogens is 352 g/mol. The van der Waals surface area contributed by atoms with Crippen molar-refractivity contribution in [1.29, 1.82) is 0 Å². The molecule has 0 saturated heterocycles. The van der Waals surface area contributed by atoms with Gasteiger partial charge in [-0.25, -0.2) is 0 Å². The van der Waals surface area contributed by atoms with Crippen LogP contribution < -0.4 is 19.7 Å². The van der Waals surface area contributed by atoms with E-state index in [1.807, 2.05) is 6.07 Å². The summed E-state index contributed by atoms with van der Waals surface area (Å²) < 4.78 is 10.8. The standard InChI is InChI=1S/C19H18N2O4S/c1-24-11-8-7-10-13(15(11)25-2)18(23)21-16(10)20-17(22)14-9-5-3-4-6-12(9)26-19(14)21/h7-8,16H,3-6H2,1-2H3,(H,20,22). The second kappa shape index (κ2) is 5.48. The fraction of sp³-hybridized carbons (Fsp3) is 0.368. The number of ether oxygens (including phenoxy) is 2. The highest BCUT2D eigenvalue weighted by molar-refractivity contribution is 7.17. The Kier molecular flexibility index (Phi) is 3.31. The molecule has 1 aliphatic carbocycles. The van der Waals surface area contributed by atoms with Crippen molar-refractivity contribution in [2.24, 2.45) is 0 Å². The topological polar surface area (TPSA) is 67.9 Å². The molecule has 26 heavy (non-hydrogen) atoms. The zero-order chi connectivity index (χ0) is 18.0. The van der Waals surface area contributed by atoms with Crippen LogP contribution in [0.5, 0.6) is 11.5 Å². The zero-order valence-electron chi connectivity index (χ0n) is 14.5. The Morgan fingerprint density at radius 1 is 1.12 bits per heavy atom. The third-order valence-corrected chi connectivity index (χ3v) is 6.72. The molecule has 3 heterocycles. The third-order valence-electron chi connectivity index (χ3n) is 5.43. The van der Waals surface area contributed by atoms with Crippen LogP contribution in [0.3, 0.4) is 0 Å². The first-order valence-corrected chi connectivity index (χ1v) is 9.51. The highest BCUT2D eigenvalue weighted by Gasteiger charge is 2.48. The molecule has 0 fully saturated rings. The number of benzene rings is 1. The van der Waals surface area contributed by atoms with E-state index in [9.17, 15) is 9.59 Å². The van der Waals surface area contributed by atoms with Gasteiger partial charge in [-0.05, 0) is 37.3 Å². The monoisotopic (exact) mass is 370 g/mol. The van der Waals surface area contributed by atoms with E-state index in [0.717, 1.165) is 41.8 Å². The summed E-state index contributed by atoms with van der Waals surface area (Å²) in [5, 5.41) is 3.79. The lowest BCUT2D eigenvalue weighted by Crippen LogP contribution is -2.44. The summed E-state index contributed by atoms with van der Waals surface area (Å²) in [7, 11) is 3.07. The summed E-state index contributed by atoms with van der Waals surface area (Å²) in [5.74, 6) is 0.690. The van der Waals surface area contributed by atoms with Gasteiger partial charge in [0, 0.05) is 10.4 Å². The number of carbonyl (C=O) groups is 2. The number of methoxy groups -OCH3 is 2. The summed E-state index contributed by atoms with van der Waals surface area (Å²) in [6.07, 6.45) is 3.63. The third kappa shape index (κ3) is 1.86. The largest absolute Gasteiger partial charge is 0.493 e. The SMILES string of the molecule is COc1ccc2c(c1OC)C(=O)N1c3sc4c(c3C(=O)NC21)CCCC4. The quantitative estimate of drug-likeness (QED) is 0.882. The van der Waals surface area contributed by atoms with E-state index >= 15 is 0 Å². The number of anilines is 1. The predicted molar refractivity (Wildman–Crippen MR) is 97.5 cm³/mol. The molecule has 1 aromatic carbocycles. The van der Waals surface area contributed by atoms with Gasteiger partial charge in [0.25, 0.3) is 11.8 Å². The molecule has 1 unspecified atom stereocenters. The van der Waals surface area contributed by atoms with Gasteiger partial charge in [-0.1, -0.05) is 6.07 Å². The van der Waals surface area contributed by atoms with Crippen molar-refractivity contribution in [2.45, 2.75) is 31.8 Å². The molecule has 2 aliphatic heterocycles. The maximum atomic E-state index is 13.3. The molecule has 7 heteroatoms. The normalized spacial score (nSPS) is 20.1. The average Bonchev–Trinajstić information content (AvgIpc) is 3.17. The van der Waals surface area contributed by atoms with Gasteiger partial charge in [-0.15, -0.1) is 11.3 Å². The van der Waals surface area contributed by atoms with Gasteiger partial charge in [0.2, 0.25) is 0 Å². The number of thiophene rings is 1. The lowest BCUT2D eigenvalue weighted by molar-refractivity contribution is 0.0912. The van der Waals surface area contributed by atoms with Crippen LogP contribution in [0.4, 0.5) is 5.00 Å². The first-order valence-electron chi connectivity index (χ1n) is 8.69. The van der Waals surface area contributed by atoms with E-state index in [-0.39, 0.29) is 11.8 Å². The number of carbonyl (C=O) groups excluding carboxylic acids is 2. The Morgan fingerprint density at radius 2 is 1.92 bits per heavy atom. The number of aryl methyl sites for hydroxylation is 1. The molecule has 5 rings (SSSR count). The van der Waals surface area contributed by atoms with Crippen molar-refractivity contribution >= 4 is 28.2 Å². The van der Waals surface area contributed by atoms with Crippen molar-refractivity contribution in [1.82, 2.24) is 5.32 Å². The Morgan fingerprint density at radius 3 is 2.69 bits per heavy atom. The minimum absolute atomic E-state index is 0.0870.